The lowest BCUT2D eigenvalue weighted by molar-refractivity contribution is -0.136. The largest absolute Gasteiger partial charge is 0.481 e. The van der Waals surface area contributed by atoms with Crippen LogP contribution in [0.25, 0.3) is 0 Å². The molecule has 0 unspecified atom stereocenters. The summed E-state index contributed by atoms with van der Waals surface area (Å²) in [5, 5.41) is 12.1. The molecular formula is C15H19N3O2S. The fourth-order valence-corrected chi connectivity index (χ4v) is 2.92. The van der Waals surface area contributed by atoms with E-state index in [1.165, 1.54) is 0 Å². The fraction of sp³-hybridized carbons (Fsp3) is 0.467. The summed E-state index contributed by atoms with van der Waals surface area (Å²) in [5.74, 6) is -0.117. The maximum atomic E-state index is 11.0. The molecule has 0 bridgehead atoms. The SMILES string of the molecule is CCc1nc(Cc2csc(C)n2)nc(CC)c1CC(=O)O. The molecule has 0 atom stereocenters. The van der Waals surface area contributed by atoms with Crippen molar-refractivity contribution in [3.05, 3.63) is 38.9 Å². The van der Waals surface area contributed by atoms with Crippen LogP contribution in [0.4, 0.5) is 0 Å². The second-order valence-corrected chi connectivity index (χ2v) is 5.89. The van der Waals surface area contributed by atoms with Gasteiger partial charge in [-0.05, 0) is 19.8 Å². The summed E-state index contributed by atoms with van der Waals surface area (Å²) in [4.78, 5) is 24.5. The maximum absolute atomic E-state index is 11.0. The molecule has 0 fully saturated rings. The molecule has 0 saturated carbocycles. The van der Waals surface area contributed by atoms with Gasteiger partial charge in [-0.15, -0.1) is 11.3 Å². The third kappa shape index (κ3) is 3.85. The first-order valence-electron chi connectivity index (χ1n) is 7.03. The van der Waals surface area contributed by atoms with Crippen molar-refractivity contribution in [1.29, 1.82) is 0 Å². The lowest BCUT2D eigenvalue weighted by atomic mass is 10.0. The summed E-state index contributed by atoms with van der Waals surface area (Å²) in [5.41, 5.74) is 3.41. The van der Waals surface area contributed by atoms with E-state index in [0.29, 0.717) is 19.3 Å². The Morgan fingerprint density at radius 3 is 2.24 bits per heavy atom. The zero-order valence-corrected chi connectivity index (χ0v) is 13.3. The molecule has 0 radical (unpaired) electrons. The van der Waals surface area contributed by atoms with Crippen molar-refractivity contribution < 1.29 is 9.90 Å². The van der Waals surface area contributed by atoms with Crippen LogP contribution in [-0.4, -0.2) is 26.0 Å². The van der Waals surface area contributed by atoms with Crippen LogP contribution in [0.2, 0.25) is 0 Å². The Morgan fingerprint density at radius 1 is 1.19 bits per heavy atom. The zero-order chi connectivity index (χ0) is 15.4. The molecule has 0 aliphatic rings. The molecule has 2 rings (SSSR count). The molecule has 2 aromatic rings. The molecule has 0 amide bonds. The molecule has 0 saturated heterocycles. The molecule has 112 valence electrons. The number of carboxylic acid groups (broad SMARTS) is 1. The van der Waals surface area contributed by atoms with Crippen molar-refractivity contribution in [2.24, 2.45) is 0 Å². The average Bonchev–Trinajstić information content (AvgIpc) is 2.84. The monoisotopic (exact) mass is 305 g/mol. The van der Waals surface area contributed by atoms with Crippen LogP contribution >= 0.6 is 11.3 Å². The van der Waals surface area contributed by atoms with Gasteiger partial charge in [0.2, 0.25) is 0 Å². The van der Waals surface area contributed by atoms with Gasteiger partial charge in [0.15, 0.2) is 0 Å². The van der Waals surface area contributed by atoms with E-state index in [2.05, 4.69) is 15.0 Å². The summed E-state index contributed by atoms with van der Waals surface area (Å²) in [6.45, 7) is 5.95. The average molecular weight is 305 g/mol. The Morgan fingerprint density at radius 2 is 1.81 bits per heavy atom. The molecule has 2 heterocycles. The molecule has 5 nitrogen and oxygen atoms in total. The van der Waals surface area contributed by atoms with E-state index in [4.69, 9.17) is 5.11 Å². The summed E-state index contributed by atoms with van der Waals surface area (Å²) >= 11 is 1.61. The fourth-order valence-electron chi connectivity index (χ4n) is 2.31. The number of carbonyl (C=O) groups is 1. The Labute approximate surface area is 128 Å². The molecule has 6 heteroatoms. The highest BCUT2D eigenvalue weighted by molar-refractivity contribution is 7.09. The predicted octanol–water partition coefficient (Wildman–Crippen LogP) is 2.58. The van der Waals surface area contributed by atoms with E-state index in [9.17, 15) is 4.79 Å². The first-order chi connectivity index (χ1) is 10.0. The Hall–Kier alpha value is -1.82. The number of aryl methyl sites for hydroxylation is 3. The highest BCUT2D eigenvalue weighted by Gasteiger charge is 2.15. The lowest BCUT2D eigenvalue weighted by Crippen LogP contribution is -2.13. The van der Waals surface area contributed by atoms with Gasteiger partial charge in [0.1, 0.15) is 5.82 Å². The summed E-state index contributed by atoms with van der Waals surface area (Å²) in [6, 6.07) is 0. The minimum Gasteiger partial charge on any atom is -0.481 e. The Bertz CT molecular complexity index is 627. The normalized spacial score (nSPS) is 10.8. The standard InChI is InChI=1S/C15H19N3O2S/c1-4-12-11(7-15(19)20)13(5-2)18-14(17-12)6-10-8-21-9(3)16-10/h8H,4-7H2,1-3H3,(H,19,20). The van der Waals surface area contributed by atoms with Crippen LogP contribution in [0.1, 0.15) is 47.3 Å². The molecule has 0 aliphatic heterocycles. The van der Waals surface area contributed by atoms with E-state index in [1.807, 2.05) is 26.2 Å². The van der Waals surface area contributed by atoms with E-state index in [0.717, 1.165) is 33.5 Å². The lowest BCUT2D eigenvalue weighted by Gasteiger charge is -2.12. The van der Waals surface area contributed by atoms with Gasteiger partial charge >= 0.3 is 5.97 Å². The minimum absolute atomic E-state index is 0.0115. The van der Waals surface area contributed by atoms with Gasteiger partial charge in [-0.2, -0.15) is 0 Å². The predicted molar refractivity (Wildman–Crippen MR) is 81.8 cm³/mol. The van der Waals surface area contributed by atoms with Gasteiger partial charge in [-0.1, -0.05) is 13.8 Å². The van der Waals surface area contributed by atoms with E-state index < -0.39 is 5.97 Å². The number of carboxylic acids is 1. The van der Waals surface area contributed by atoms with Crippen LogP contribution in [0.3, 0.4) is 0 Å². The maximum Gasteiger partial charge on any atom is 0.307 e. The van der Waals surface area contributed by atoms with E-state index >= 15 is 0 Å². The third-order valence-corrected chi connectivity index (χ3v) is 4.05. The van der Waals surface area contributed by atoms with Crippen molar-refractivity contribution in [2.75, 3.05) is 0 Å². The number of nitrogens with zero attached hydrogens (tertiary/aromatic N) is 3. The smallest absolute Gasteiger partial charge is 0.307 e. The number of aromatic nitrogens is 3. The number of hydrogen-bond acceptors (Lipinski definition) is 5. The van der Waals surface area contributed by atoms with Crippen molar-refractivity contribution in [3.63, 3.8) is 0 Å². The van der Waals surface area contributed by atoms with Crippen LogP contribution in [0, 0.1) is 6.92 Å². The number of thiazole rings is 1. The summed E-state index contributed by atoms with van der Waals surface area (Å²) < 4.78 is 0. The molecule has 0 aliphatic carbocycles. The van der Waals surface area contributed by atoms with E-state index in [1.54, 1.807) is 11.3 Å². The molecule has 0 spiro atoms. The number of rotatable bonds is 6. The summed E-state index contributed by atoms with van der Waals surface area (Å²) in [7, 11) is 0. The molecule has 1 N–H and O–H groups in total. The van der Waals surface area contributed by atoms with Gasteiger partial charge < -0.3 is 5.11 Å². The first kappa shape index (κ1) is 15.6. The quantitative estimate of drug-likeness (QED) is 0.887. The summed E-state index contributed by atoms with van der Waals surface area (Å²) in [6.07, 6.45) is 2.00. The van der Waals surface area contributed by atoms with Gasteiger partial charge in [-0.3, -0.25) is 4.79 Å². The molecule has 21 heavy (non-hydrogen) atoms. The van der Waals surface area contributed by atoms with Gasteiger partial charge in [-0.25, -0.2) is 15.0 Å². The highest BCUT2D eigenvalue weighted by atomic mass is 32.1. The zero-order valence-electron chi connectivity index (χ0n) is 12.5. The van der Waals surface area contributed by atoms with Crippen LogP contribution in [0.15, 0.2) is 5.38 Å². The number of hydrogen-bond donors (Lipinski definition) is 1. The second kappa shape index (κ2) is 6.76. The Balaban J connectivity index is 2.37. The van der Waals surface area contributed by atoms with Gasteiger partial charge in [0.05, 0.1) is 23.5 Å². The molecule has 2 aromatic heterocycles. The van der Waals surface area contributed by atoms with Crippen molar-refractivity contribution in [2.45, 2.75) is 46.5 Å². The van der Waals surface area contributed by atoms with Gasteiger partial charge in [0.25, 0.3) is 0 Å². The first-order valence-corrected chi connectivity index (χ1v) is 7.91. The van der Waals surface area contributed by atoms with Crippen LogP contribution in [0.5, 0.6) is 0 Å². The van der Waals surface area contributed by atoms with Crippen LogP contribution in [-0.2, 0) is 30.5 Å². The van der Waals surface area contributed by atoms with Crippen LogP contribution < -0.4 is 0 Å². The molecular weight excluding hydrogens is 286 g/mol. The molecule has 0 aromatic carbocycles. The topological polar surface area (TPSA) is 76.0 Å². The highest BCUT2D eigenvalue weighted by Crippen LogP contribution is 2.17. The third-order valence-electron chi connectivity index (χ3n) is 3.23. The van der Waals surface area contributed by atoms with Gasteiger partial charge in [0, 0.05) is 22.3 Å². The van der Waals surface area contributed by atoms with Crippen molar-refractivity contribution >= 4 is 17.3 Å². The minimum atomic E-state index is -0.842. The number of aliphatic carboxylic acids is 1. The van der Waals surface area contributed by atoms with Crippen molar-refractivity contribution in [1.82, 2.24) is 15.0 Å². The Kier molecular flexibility index (Phi) is 5.01. The second-order valence-electron chi connectivity index (χ2n) is 4.82. The van der Waals surface area contributed by atoms with E-state index in [-0.39, 0.29) is 6.42 Å². The van der Waals surface area contributed by atoms with Crippen molar-refractivity contribution in [3.8, 4) is 0 Å².